The smallest absolute Gasteiger partial charge is 0.361 e. The molecule has 0 aliphatic carbocycles. The first-order valence-corrected chi connectivity index (χ1v) is 9.49. The van der Waals surface area contributed by atoms with Crippen LogP contribution in [-0.4, -0.2) is 41.2 Å². The van der Waals surface area contributed by atoms with Crippen molar-refractivity contribution in [3.05, 3.63) is 20.7 Å². The molecule has 0 saturated carbocycles. The van der Waals surface area contributed by atoms with Gasteiger partial charge < -0.3 is 14.2 Å². The predicted octanol–water partition coefficient (Wildman–Crippen LogP) is 4.36. The lowest BCUT2D eigenvalue weighted by atomic mass is 10.1. The van der Waals surface area contributed by atoms with Crippen molar-refractivity contribution >= 4 is 37.8 Å². The summed E-state index contributed by atoms with van der Waals surface area (Å²) in [4.78, 5) is 12.1. The van der Waals surface area contributed by atoms with Gasteiger partial charge in [0.2, 0.25) is 0 Å². The summed E-state index contributed by atoms with van der Waals surface area (Å²) in [5.41, 5.74) is 1.11. The molecular weight excluding hydrogens is 458 g/mol. The molecule has 25 heavy (non-hydrogen) atoms. The van der Waals surface area contributed by atoms with Crippen LogP contribution in [-0.2, 0) is 4.74 Å². The minimum absolute atomic E-state index is 0.110. The van der Waals surface area contributed by atoms with Crippen LogP contribution in [0.15, 0.2) is 15.0 Å². The number of carbonyl (C=O) groups is 1. The number of hydrogen-bond donors (Lipinski definition) is 1. The first-order valence-electron chi connectivity index (χ1n) is 7.90. The lowest BCUT2D eigenvalue weighted by Gasteiger charge is -2.16. The summed E-state index contributed by atoms with van der Waals surface area (Å²) in [6.07, 6.45) is 0.869. The zero-order chi connectivity index (χ0) is 18.4. The fraction of sp³-hybridized carbons (Fsp3) is 0.438. The third-order valence-electron chi connectivity index (χ3n) is 3.15. The van der Waals surface area contributed by atoms with Crippen molar-refractivity contribution in [1.29, 1.82) is 0 Å². The molecule has 0 radical (unpaired) electrons. The highest BCUT2D eigenvalue weighted by Crippen LogP contribution is 2.46. The number of halogens is 2. The van der Waals surface area contributed by atoms with Crippen molar-refractivity contribution in [2.45, 2.75) is 27.2 Å². The van der Waals surface area contributed by atoms with Crippen LogP contribution >= 0.6 is 31.9 Å². The monoisotopic (exact) mass is 475 g/mol. The fourth-order valence-corrected chi connectivity index (χ4v) is 3.13. The zero-order valence-electron chi connectivity index (χ0n) is 14.2. The number of nitrogens with one attached hydrogen (secondary N) is 1. The van der Waals surface area contributed by atoms with E-state index in [1.54, 1.807) is 13.0 Å². The third-order valence-corrected chi connectivity index (χ3v) is 5.26. The summed E-state index contributed by atoms with van der Waals surface area (Å²) in [5, 5.41) is 10.5. The lowest BCUT2D eigenvalue weighted by Crippen LogP contribution is -2.07. The molecule has 7 nitrogen and oxygen atoms in total. The minimum Gasteiger partial charge on any atom is -0.490 e. The molecule has 136 valence electrons. The normalized spacial score (nSPS) is 10.6. The Morgan fingerprint density at radius 2 is 1.88 bits per heavy atom. The second kappa shape index (κ2) is 9.19. The maximum atomic E-state index is 12.1. The second-order valence-corrected chi connectivity index (χ2v) is 6.49. The first kappa shape index (κ1) is 19.7. The average Bonchev–Trinajstić information content (AvgIpc) is 3.07. The van der Waals surface area contributed by atoms with Crippen LogP contribution in [0, 0.1) is 0 Å². The van der Waals surface area contributed by atoms with Crippen molar-refractivity contribution in [2.24, 2.45) is 0 Å². The number of nitrogens with zero attached hydrogens (tertiary/aromatic N) is 2. The van der Waals surface area contributed by atoms with Crippen LogP contribution in [0.25, 0.3) is 11.3 Å². The molecule has 0 bridgehead atoms. The molecule has 2 rings (SSSR count). The van der Waals surface area contributed by atoms with E-state index < -0.39 is 5.97 Å². The molecular formula is C16H19Br2N3O4. The van der Waals surface area contributed by atoms with Crippen LogP contribution in [0.3, 0.4) is 0 Å². The molecule has 1 aromatic carbocycles. The topological polar surface area (TPSA) is 86.3 Å². The van der Waals surface area contributed by atoms with Crippen LogP contribution in [0.5, 0.6) is 11.5 Å². The van der Waals surface area contributed by atoms with E-state index in [1.807, 2.05) is 13.8 Å². The highest BCUT2D eigenvalue weighted by Gasteiger charge is 2.25. The Hall–Kier alpha value is -1.61. The van der Waals surface area contributed by atoms with E-state index in [9.17, 15) is 4.79 Å². The molecule has 0 atom stereocenters. The summed E-state index contributed by atoms with van der Waals surface area (Å²) >= 11 is 7.07. The summed E-state index contributed by atoms with van der Waals surface area (Å²) in [5.74, 6) is 0.609. The first-order chi connectivity index (χ1) is 12.0. The van der Waals surface area contributed by atoms with Gasteiger partial charge in [0.15, 0.2) is 17.2 Å². The van der Waals surface area contributed by atoms with E-state index in [2.05, 4.69) is 47.3 Å². The van der Waals surface area contributed by atoms with Crippen molar-refractivity contribution in [2.75, 3.05) is 19.8 Å². The van der Waals surface area contributed by atoms with Gasteiger partial charge in [-0.05, 0) is 58.2 Å². The van der Waals surface area contributed by atoms with Gasteiger partial charge in [-0.2, -0.15) is 10.3 Å². The van der Waals surface area contributed by atoms with E-state index in [1.165, 1.54) is 0 Å². The molecule has 0 spiro atoms. The largest absolute Gasteiger partial charge is 0.490 e. The van der Waals surface area contributed by atoms with Crippen LogP contribution in [0.4, 0.5) is 0 Å². The average molecular weight is 477 g/mol. The molecule has 0 amide bonds. The Morgan fingerprint density at radius 1 is 1.12 bits per heavy atom. The van der Waals surface area contributed by atoms with Gasteiger partial charge in [0.05, 0.1) is 24.3 Å². The molecule has 0 aliphatic rings. The SMILES string of the molecule is CCCOc1c(OCC)cc(-c2n[nH]nc2C(=O)OCC)c(Br)c1Br. The summed E-state index contributed by atoms with van der Waals surface area (Å²) < 4.78 is 17.9. The standard InChI is InChI=1S/C16H19Br2N3O4/c1-4-7-25-15-10(23-5-2)8-9(11(17)12(15)18)13-14(20-21-19-13)16(22)24-6-3/h8H,4-7H2,1-3H3,(H,19,20,21). The number of rotatable bonds is 8. The van der Waals surface area contributed by atoms with E-state index in [4.69, 9.17) is 14.2 Å². The van der Waals surface area contributed by atoms with Gasteiger partial charge in [0.1, 0.15) is 5.69 Å². The Kier molecular flexibility index (Phi) is 7.24. The second-order valence-electron chi connectivity index (χ2n) is 4.90. The highest BCUT2D eigenvalue weighted by atomic mass is 79.9. The molecule has 2 aromatic rings. The van der Waals surface area contributed by atoms with Crippen molar-refractivity contribution in [3.63, 3.8) is 0 Å². The fourth-order valence-electron chi connectivity index (χ4n) is 2.12. The van der Waals surface area contributed by atoms with Crippen LogP contribution in [0.1, 0.15) is 37.7 Å². The van der Waals surface area contributed by atoms with Crippen molar-refractivity contribution in [3.8, 4) is 22.8 Å². The Bertz CT molecular complexity index is 749. The maximum absolute atomic E-state index is 12.1. The van der Waals surface area contributed by atoms with Gasteiger partial charge in [-0.3, -0.25) is 0 Å². The highest BCUT2D eigenvalue weighted by molar-refractivity contribution is 9.13. The zero-order valence-corrected chi connectivity index (χ0v) is 17.4. The number of aromatic nitrogens is 3. The Balaban J connectivity index is 2.56. The number of benzene rings is 1. The summed E-state index contributed by atoms with van der Waals surface area (Å²) in [6, 6.07) is 1.77. The van der Waals surface area contributed by atoms with E-state index >= 15 is 0 Å². The van der Waals surface area contributed by atoms with Crippen molar-refractivity contribution < 1.29 is 19.0 Å². The van der Waals surface area contributed by atoms with E-state index in [0.717, 1.165) is 6.42 Å². The number of esters is 1. The lowest BCUT2D eigenvalue weighted by molar-refractivity contribution is 0.0520. The predicted molar refractivity (Wildman–Crippen MR) is 100 cm³/mol. The number of aromatic amines is 1. The number of carbonyl (C=O) groups excluding carboxylic acids is 1. The summed E-state index contributed by atoms with van der Waals surface area (Å²) in [7, 11) is 0. The van der Waals surface area contributed by atoms with Crippen molar-refractivity contribution in [1.82, 2.24) is 15.4 Å². The molecule has 1 heterocycles. The van der Waals surface area contributed by atoms with Gasteiger partial charge >= 0.3 is 5.97 Å². The number of hydrogen-bond acceptors (Lipinski definition) is 6. The molecule has 0 aliphatic heterocycles. The Labute approximate surface area is 162 Å². The number of H-pyrrole nitrogens is 1. The molecule has 1 aromatic heterocycles. The molecule has 0 unspecified atom stereocenters. The summed E-state index contributed by atoms with van der Waals surface area (Å²) in [6.45, 7) is 6.93. The van der Waals surface area contributed by atoms with Gasteiger partial charge in [0, 0.05) is 10.0 Å². The quantitative estimate of drug-likeness (QED) is 0.569. The van der Waals surface area contributed by atoms with Crippen LogP contribution in [0.2, 0.25) is 0 Å². The maximum Gasteiger partial charge on any atom is 0.361 e. The van der Waals surface area contributed by atoms with Gasteiger partial charge in [-0.1, -0.05) is 6.92 Å². The number of ether oxygens (including phenoxy) is 3. The third kappa shape index (κ3) is 4.33. The molecule has 1 N–H and O–H groups in total. The van der Waals surface area contributed by atoms with Gasteiger partial charge in [-0.25, -0.2) is 4.79 Å². The molecule has 0 saturated heterocycles. The van der Waals surface area contributed by atoms with E-state index in [0.29, 0.717) is 44.9 Å². The molecule has 0 fully saturated rings. The van der Waals surface area contributed by atoms with Gasteiger partial charge in [-0.15, -0.1) is 5.10 Å². The Morgan fingerprint density at radius 3 is 2.52 bits per heavy atom. The minimum atomic E-state index is -0.543. The molecule has 9 heteroatoms. The van der Waals surface area contributed by atoms with Crippen LogP contribution < -0.4 is 9.47 Å². The van der Waals surface area contributed by atoms with E-state index in [-0.39, 0.29) is 12.3 Å². The van der Waals surface area contributed by atoms with Gasteiger partial charge in [0.25, 0.3) is 0 Å².